The van der Waals surface area contributed by atoms with Gasteiger partial charge in [-0.15, -0.1) is 0 Å². The van der Waals surface area contributed by atoms with E-state index in [2.05, 4.69) is 0 Å². The topological polar surface area (TPSA) is 49.9 Å². The number of benzene rings is 3. The van der Waals surface area contributed by atoms with Crippen molar-refractivity contribution in [2.24, 2.45) is 5.92 Å². The van der Waals surface area contributed by atoms with Gasteiger partial charge in [0.1, 0.15) is 11.7 Å². The molecule has 0 spiro atoms. The predicted molar refractivity (Wildman–Crippen MR) is 105 cm³/mol. The van der Waals surface area contributed by atoms with E-state index in [4.69, 9.17) is 4.84 Å². The quantitative estimate of drug-likeness (QED) is 0.593. The van der Waals surface area contributed by atoms with Crippen molar-refractivity contribution in [3.8, 4) is 0 Å². The van der Waals surface area contributed by atoms with Crippen LogP contribution in [-0.2, 0) is 14.4 Å². The van der Waals surface area contributed by atoms with E-state index in [1.807, 2.05) is 0 Å². The lowest BCUT2D eigenvalue weighted by molar-refractivity contribution is -0.126. The van der Waals surface area contributed by atoms with Crippen molar-refractivity contribution in [2.45, 2.75) is 12.1 Å². The first-order valence-corrected chi connectivity index (χ1v) is 9.55. The number of hydroxylamine groups is 1. The Labute approximate surface area is 175 Å². The summed E-state index contributed by atoms with van der Waals surface area (Å²) in [6.45, 7) is 0. The van der Waals surface area contributed by atoms with Gasteiger partial charge in [0, 0.05) is 0 Å². The summed E-state index contributed by atoms with van der Waals surface area (Å²) in [4.78, 5) is 33.3. The number of anilines is 2. The van der Waals surface area contributed by atoms with Crippen molar-refractivity contribution >= 4 is 23.2 Å². The maximum absolute atomic E-state index is 14.0. The van der Waals surface area contributed by atoms with Crippen LogP contribution in [0.5, 0.6) is 0 Å². The van der Waals surface area contributed by atoms with Gasteiger partial charge in [0.2, 0.25) is 5.91 Å². The van der Waals surface area contributed by atoms with E-state index in [9.17, 15) is 22.8 Å². The van der Waals surface area contributed by atoms with Crippen LogP contribution in [0.4, 0.5) is 24.5 Å². The molecule has 8 heteroatoms. The Hall–Kier alpha value is -3.65. The van der Waals surface area contributed by atoms with E-state index in [1.54, 1.807) is 30.3 Å². The standard InChI is InChI=1S/C23H15F3N2O3/c24-14-7-9-15(10-8-14)27-22(29)19-20(13-6-11-17(25)18(26)12-13)28(31-21(19)23(27)30)16-4-2-1-3-5-16/h1-12,19-21H/t19-,20+,21+/m0/s1. The monoisotopic (exact) mass is 424 g/mol. The Morgan fingerprint density at radius 2 is 1.45 bits per heavy atom. The molecule has 156 valence electrons. The maximum atomic E-state index is 14.0. The zero-order valence-corrected chi connectivity index (χ0v) is 15.9. The normalized spacial score (nSPS) is 22.9. The third-order valence-corrected chi connectivity index (χ3v) is 5.50. The van der Waals surface area contributed by atoms with Crippen molar-refractivity contribution in [3.05, 3.63) is 95.8 Å². The molecule has 0 bridgehead atoms. The number of halogens is 3. The molecule has 5 rings (SSSR count). The van der Waals surface area contributed by atoms with Crippen LogP contribution in [-0.4, -0.2) is 17.9 Å². The molecule has 0 radical (unpaired) electrons. The van der Waals surface area contributed by atoms with Gasteiger partial charge in [0.05, 0.1) is 17.4 Å². The Balaban J connectivity index is 1.60. The lowest BCUT2D eigenvalue weighted by atomic mass is 9.90. The van der Waals surface area contributed by atoms with Gasteiger partial charge in [-0.2, -0.15) is 0 Å². The molecule has 0 aromatic heterocycles. The molecular weight excluding hydrogens is 409 g/mol. The summed E-state index contributed by atoms with van der Waals surface area (Å²) < 4.78 is 40.9. The molecule has 2 amide bonds. The summed E-state index contributed by atoms with van der Waals surface area (Å²) in [5, 5.41) is 1.39. The molecule has 2 fully saturated rings. The minimum absolute atomic E-state index is 0.213. The third-order valence-electron chi connectivity index (χ3n) is 5.50. The largest absolute Gasteiger partial charge is 0.273 e. The number of para-hydroxylation sites is 1. The first kappa shape index (κ1) is 19.3. The number of hydrogen-bond acceptors (Lipinski definition) is 4. The number of carbonyl (C=O) groups excluding carboxylic acids is 2. The first-order chi connectivity index (χ1) is 15.0. The Morgan fingerprint density at radius 3 is 2.13 bits per heavy atom. The number of rotatable bonds is 3. The number of fused-ring (bicyclic) bond motifs is 1. The summed E-state index contributed by atoms with van der Waals surface area (Å²) >= 11 is 0. The average Bonchev–Trinajstić information content (AvgIpc) is 3.28. The number of carbonyl (C=O) groups is 2. The van der Waals surface area contributed by atoms with Gasteiger partial charge < -0.3 is 0 Å². The van der Waals surface area contributed by atoms with Gasteiger partial charge in [-0.3, -0.25) is 14.4 Å². The van der Waals surface area contributed by atoms with E-state index in [1.165, 1.54) is 23.3 Å². The smallest absolute Gasteiger partial charge is 0.266 e. The SMILES string of the molecule is O=C1[C@H]2[C@@H](c3ccc(F)c(F)c3)N(c3ccccc3)O[C@H]2C(=O)N1c1ccc(F)cc1. The zero-order valence-electron chi connectivity index (χ0n) is 15.9. The maximum Gasteiger partial charge on any atom is 0.266 e. The van der Waals surface area contributed by atoms with Crippen molar-refractivity contribution in [2.75, 3.05) is 9.96 Å². The molecule has 2 aliphatic heterocycles. The number of amides is 2. The zero-order chi connectivity index (χ0) is 21.7. The molecule has 31 heavy (non-hydrogen) atoms. The van der Waals surface area contributed by atoms with Crippen LogP contribution >= 0.6 is 0 Å². The van der Waals surface area contributed by atoms with Crippen LogP contribution in [0, 0.1) is 23.4 Å². The summed E-state index contributed by atoms with van der Waals surface area (Å²) in [6.07, 6.45) is -1.16. The molecular formula is C23H15F3N2O3. The Morgan fingerprint density at radius 1 is 0.742 bits per heavy atom. The van der Waals surface area contributed by atoms with Crippen LogP contribution in [0.2, 0.25) is 0 Å². The van der Waals surface area contributed by atoms with Gasteiger partial charge in [-0.05, 0) is 54.1 Å². The van der Waals surface area contributed by atoms with Gasteiger partial charge in [0.25, 0.3) is 5.91 Å². The fraction of sp³-hybridized carbons (Fsp3) is 0.130. The van der Waals surface area contributed by atoms with Gasteiger partial charge >= 0.3 is 0 Å². The average molecular weight is 424 g/mol. The molecule has 0 saturated carbocycles. The second-order valence-electron chi connectivity index (χ2n) is 7.32. The lowest BCUT2D eigenvalue weighted by Gasteiger charge is -2.28. The molecule has 0 aliphatic carbocycles. The third kappa shape index (κ3) is 3.07. The van der Waals surface area contributed by atoms with E-state index < -0.39 is 47.3 Å². The summed E-state index contributed by atoms with van der Waals surface area (Å²) in [7, 11) is 0. The molecule has 2 heterocycles. The molecule has 0 unspecified atom stereocenters. The Kier molecular flexibility index (Phi) is 4.51. The second kappa shape index (κ2) is 7.24. The van der Waals surface area contributed by atoms with E-state index in [-0.39, 0.29) is 11.3 Å². The number of nitrogens with zero attached hydrogens (tertiary/aromatic N) is 2. The van der Waals surface area contributed by atoms with Crippen LogP contribution < -0.4 is 9.96 Å². The molecule has 3 aromatic rings. The van der Waals surface area contributed by atoms with E-state index in [0.29, 0.717) is 5.69 Å². The van der Waals surface area contributed by atoms with Crippen LogP contribution in [0.3, 0.4) is 0 Å². The summed E-state index contributed by atoms with van der Waals surface area (Å²) in [5.41, 5.74) is 1.06. The fourth-order valence-electron chi connectivity index (χ4n) is 4.09. The van der Waals surface area contributed by atoms with E-state index >= 15 is 0 Å². The predicted octanol–water partition coefficient (Wildman–Crippen LogP) is 4.16. The number of hydrogen-bond donors (Lipinski definition) is 0. The van der Waals surface area contributed by atoms with E-state index in [0.717, 1.165) is 29.2 Å². The molecule has 0 N–H and O–H groups in total. The van der Waals surface area contributed by atoms with Crippen molar-refractivity contribution < 1.29 is 27.6 Å². The van der Waals surface area contributed by atoms with Crippen molar-refractivity contribution in [3.63, 3.8) is 0 Å². The second-order valence-corrected chi connectivity index (χ2v) is 7.32. The summed E-state index contributed by atoms with van der Waals surface area (Å²) in [5.74, 6) is -4.76. The van der Waals surface area contributed by atoms with Crippen LogP contribution in [0.15, 0.2) is 72.8 Å². The highest BCUT2D eigenvalue weighted by atomic mass is 19.2. The van der Waals surface area contributed by atoms with Crippen molar-refractivity contribution in [1.29, 1.82) is 0 Å². The van der Waals surface area contributed by atoms with Crippen LogP contribution in [0.25, 0.3) is 0 Å². The van der Waals surface area contributed by atoms with Crippen molar-refractivity contribution in [1.82, 2.24) is 0 Å². The van der Waals surface area contributed by atoms with Gasteiger partial charge in [0.15, 0.2) is 17.7 Å². The van der Waals surface area contributed by atoms with Gasteiger partial charge in [-0.25, -0.2) is 23.1 Å². The molecule has 5 nitrogen and oxygen atoms in total. The lowest BCUT2D eigenvalue weighted by Crippen LogP contribution is -2.37. The summed E-state index contributed by atoms with van der Waals surface area (Å²) in [6, 6.07) is 16.2. The minimum Gasteiger partial charge on any atom is -0.273 e. The van der Waals surface area contributed by atoms with Crippen LogP contribution in [0.1, 0.15) is 11.6 Å². The highest BCUT2D eigenvalue weighted by Gasteiger charge is 2.60. The minimum atomic E-state index is -1.16. The molecule has 3 aromatic carbocycles. The molecule has 2 aliphatic rings. The fourth-order valence-corrected chi connectivity index (χ4v) is 4.09. The van der Waals surface area contributed by atoms with Gasteiger partial charge in [-0.1, -0.05) is 24.3 Å². The Bertz CT molecular complexity index is 1170. The highest BCUT2D eigenvalue weighted by molar-refractivity contribution is 6.23. The molecule has 3 atom stereocenters. The molecule has 2 saturated heterocycles. The highest BCUT2D eigenvalue weighted by Crippen LogP contribution is 2.47. The number of imide groups is 1. The first-order valence-electron chi connectivity index (χ1n) is 9.55.